The van der Waals surface area contributed by atoms with Crippen molar-refractivity contribution in [1.82, 2.24) is 0 Å². The molecule has 0 bridgehead atoms. The molecule has 0 aliphatic rings. The molecule has 0 unspecified atom stereocenters. The van der Waals surface area contributed by atoms with Crippen LogP contribution in [0.3, 0.4) is 0 Å². The summed E-state index contributed by atoms with van der Waals surface area (Å²) in [4.78, 5) is 0. The molecule has 0 aromatic carbocycles. The summed E-state index contributed by atoms with van der Waals surface area (Å²) in [5.74, 6) is -0.809. The molecule has 2 nitrogen and oxygen atoms in total. The summed E-state index contributed by atoms with van der Waals surface area (Å²) >= 11 is 5.36. The minimum absolute atomic E-state index is 0.124. The molecule has 0 saturated carbocycles. The highest BCUT2D eigenvalue weighted by molar-refractivity contribution is 6.52. The molecule has 0 spiro atoms. The van der Waals surface area contributed by atoms with Crippen molar-refractivity contribution in [2.45, 2.75) is 6.92 Å². The van der Waals surface area contributed by atoms with Crippen LogP contribution in [0.5, 0.6) is 0 Å². The second kappa shape index (κ2) is 5.14. The Balaban J connectivity index is 4.60. The Morgan fingerprint density at radius 2 is 2.08 bits per heavy atom. The van der Waals surface area contributed by atoms with E-state index in [-0.39, 0.29) is 10.5 Å². The lowest BCUT2D eigenvalue weighted by atomic mass is 9.79. The van der Waals surface area contributed by atoms with E-state index in [0.717, 1.165) is 6.08 Å². The van der Waals surface area contributed by atoms with Crippen molar-refractivity contribution < 1.29 is 14.4 Å². The summed E-state index contributed by atoms with van der Waals surface area (Å²) in [7, 11) is -1.65. The predicted octanol–water partition coefficient (Wildman–Crippen LogP) is 1.55. The molecule has 12 heavy (non-hydrogen) atoms. The highest BCUT2D eigenvalue weighted by Crippen LogP contribution is 2.16. The van der Waals surface area contributed by atoms with Gasteiger partial charge in [0.25, 0.3) is 0 Å². The minimum Gasteiger partial charge on any atom is -0.423 e. The minimum atomic E-state index is -1.65. The summed E-state index contributed by atoms with van der Waals surface area (Å²) < 4.78 is 12.3. The Morgan fingerprint density at radius 1 is 1.58 bits per heavy atom. The number of hydrogen-bond donors (Lipinski definition) is 2. The zero-order valence-electron chi connectivity index (χ0n) is 6.59. The average Bonchev–Trinajstić information content (AvgIpc) is 1.98. The van der Waals surface area contributed by atoms with Gasteiger partial charge in [0.15, 0.2) is 0 Å². The van der Waals surface area contributed by atoms with Crippen LogP contribution in [0, 0.1) is 0 Å². The van der Waals surface area contributed by atoms with Crippen molar-refractivity contribution in [3.05, 3.63) is 35.1 Å². The van der Waals surface area contributed by atoms with Crippen LogP contribution in [0.25, 0.3) is 0 Å². The van der Waals surface area contributed by atoms with Crippen molar-refractivity contribution in [3.8, 4) is 0 Å². The van der Waals surface area contributed by atoms with Gasteiger partial charge in [0, 0.05) is 0 Å². The molecular weight excluding hydrogens is 181 g/mol. The van der Waals surface area contributed by atoms with E-state index in [1.807, 2.05) is 0 Å². The summed E-state index contributed by atoms with van der Waals surface area (Å²) in [6.45, 7) is 4.52. The van der Waals surface area contributed by atoms with Crippen LogP contribution < -0.4 is 0 Å². The molecule has 0 amide bonds. The van der Waals surface area contributed by atoms with Crippen molar-refractivity contribution >= 4 is 18.7 Å². The molecule has 0 saturated heterocycles. The molecule has 0 atom stereocenters. The SMILES string of the molecule is C=C(F)/C(Cl)=C\C(=C/C)B(O)O. The van der Waals surface area contributed by atoms with Gasteiger partial charge in [-0.05, 0) is 18.5 Å². The van der Waals surface area contributed by atoms with Crippen molar-refractivity contribution in [2.75, 3.05) is 0 Å². The van der Waals surface area contributed by atoms with Gasteiger partial charge < -0.3 is 10.0 Å². The molecular formula is C7H9BClFO2. The van der Waals surface area contributed by atoms with Crippen molar-refractivity contribution in [3.63, 3.8) is 0 Å². The second-order valence-corrected chi connectivity index (χ2v) is 2.47. The van der Waals surface area contributed by atoms with Gasteiger partial charge >= 0.3 is 7.12 Å². The largest absolute Gasteiger partial charge is 0.488 e. The zero-order chi connectivity index (χ0) is 9.72. The van der Waals surface area contributed by atoms with E-state index >= 15 is 0 Å². The lowest BCUT2D eigenvalue weighted by Crippen LogP contribution is -2.13. The Labute approximate surface area is 75.8 Å². The molecule has 0 aliphatic carbocycles. The van der Waals surface area contributed by atoms with Crippen LogP contribution in [0.1, 0.15) is 6.92 Å². The number of halogens is 2. The van der Waals surface area contributed by atoms with Crippen LogP contribution in [0.2, 0.25) is 0 Å². The summed E-state index contributed by atoms with van der Waals surface area (Å²) in [5.41, 5.74) is 0.124. The molecule has 2 N–H and O–H groups in total. The smallest absolute Gasteiger partial charge is 0.423 e. The first-order valence-corrected chi connectivity index (χ1v) is 3.61. The highest BCUT2D eigenvalue weighted by atomic mass is 35.5. The maximum Gasteiger partial charge on any atom is 0.488 e. The van der Waals surface area contributed by atoms with Crippen LogP contribution in [0.4, 0.5) is 4.39 Å². The Hall–Kier alpha value is -0.575. The summed E-state index contributed by atoms with van der Waals surface area (Å²) in [5, 5.41) is 17.1. The van der Waals surface area contributed by atoms with Crippen LogP contribution in [0.15, 0.2) is 35.1 Å². The van der Waals surface area contributed by atoms with E-state index in [0.29, 0.717) is 0 Å². The molecule has 0 aliphatic heterocycles. The molecule has 0 heterocycles. The first-order valence-electron chi connectivity index (χ1n) is 3.23. The average molecular weight is 190 g/mol. The Bertz CT molecular complexity index is 236. The van der Waals surface area contributed by atoms with Crippen molar-refractivity contribution in [1.29, 1.82) is 0 Å². The molecule has 0 aromatic heterocycles. The number of hydrogen-bond acceptors (Lipinski definition) is 2. The van der Waals surface area contributed by atoms with E-state index in [1.54, 1.807) is 6.92 Å². The van der Waals surface area contributed by atoms with Crippen LogP contribution >= 0.6 is 11.6 Å². The fraction of sp³-hybridized carbons (Fsp3) is 0.143. The molecule has 0 fully saturated rings. The molecule has 0 rings (SSSR count). The maximum atomic E-state index is 12.3. The third-order valence-electron chi connectivity index (χ3n) is 1.18. The van der Waals surface area contributed by atoms with Crippen LogP contribution in [-0.4, -0.2) is 17.2 Å². The van der Waals surface area contributed by atoms with E-state index in [1.165, 1.54) is 6.08 Å². The molecule has 0 aromatic rings. The normalized spacial score (nSPS) is 13.1. The van der Waals surface area contributed by atoms with Gasteiger partial charge in [-0.15, -0.1) is 0 Å². The van der Waals surface area contributed by atoms with E-state index < -0.39 is 12.9 Å². The monoisotopic (exact) mass is 190 g/mol. The fourth-order valence-electron chi connectivity index (χ4n) is 0.532. The Morgan fingerprint density at radius 3 is 2.33 bits per heavy atom. The van der Waals surface area contributed by atoms with Gasteiger partial charge in [0.1, 0.15) is 5.83 Å². The zero-order valence-corrected chi connectivity index (χ0v) is 7.35. The van der Waals surface area contributed by atoms with Gasteiger partial charge in [-0.25, -0.2) is 4.39 Å². The van der Waals surface area contributed by atoms with Gasteiger partial charge in [-0.2, -0.15) is 0 Å². The standard InChI is InChI=1S/C7H9BClFO2/c1-3-6(8(11)12)4-7(9)5(2)10/h3-4,11-12H,2H2,1H3/b6-3+,7-4+. The van der Waals surface area contributed by atoms with Gasteiger partial charge in [0.2, 0.25) is 0 Å². The Kier molecular flexibility index (Phi) is 4.89. The molecule has 0 radical (unpaired) electrons. The van der Waals surface area contributed by atoms with Gasteiger partial charge in [0.05, 0.1) is 5.03 Å². The third-order valence-corrected chi connectivity index (χ3v) is 1.50. The lowest BCUT2D eigenvalue weighted by Gasteiger charge is -1.99. The van der Waals surface area contributed by atoms with Gasteiger partial charge in [-0.3, -0.25) is 0 Å². The topological polar surface area (TPSA) is 40.5 Å². The molecule has 66 valence electrons. The lowest BCUT2D eigenvalue weighted by molar-refractivity contribution is 0.420. The number of rotatable bonds is 3. The first kappa shape index (κ1) is 11.4. The summed E-state index contributed by atoms with van der Waals surface area (Å²) in [6, 6.07) is 0. The third kappa shape index (κ3) is 3.71. The van der Waals surface area contributed by atoms with E-state index in [9.17, 15) is 4.39 Å². The van der Waals surface area contributed by atoms with Crippen LogP contribution in [-0.2, 0) is 0 Å². The number of allylic oxidation sites excluding steroid dienone is 5. The fourth-order valence-corrected chi connectivity index (χ4v) is 0.658. The quantitative estimate of drug-likeness (QED) is 0.524. The molecule has 5 heteroatoms. The maximum absolute atomic E-state index is 12.3. The second-order valence-electron chi connectivity index (χ2n) is 2.06. The summed E-state index contributed by atoms with van der Waals surface area (Å²) in [6.07, 6.45) is 2.52. The van der Waals surface area contributed by atoms with E-state index in [2.05, 4.69) is 6.58 Å². The van der Waals surface area contributed by atoms with Gasteiger partial charge in [-0.1, -0.05) is 24.3 Å². The highest BCUT2D eigenvalue weighted by Gasteiger charge is 2.12. The first-order chi connectivity index (χ1) is 5.49. The van der Waals surface area contributed by atoms with E-state index in [4.69, 9.17) is 21.6 Å². The van der Waals surface area contributed by atoms with Crippen molar-refractivity contribution in [2.24, 2.45) is 0 Å². The predicted molar refractivity (Wildman–Crippen MR) is 48.1 cm³/mol.